The van der Waals surface area contributed by atoms with Crippen LogP contribution in [0.3, 0.4) is 0 Å². The van der Waals surface area contributed by atoms with E-state index in [0.29, 0.717) is 22.5 Å². The van der Waals surface area contributed by atoms with Gasteiger partial charge in [-0.3, -0.25) is 4.79 Å². The number of hydrogen-bond acceptors (Lipinski definition) is 6. The highest BCUT2D eigenvalue weighted by Gasteiger charge is 2.15. The maximum Gasteiger partial charge on any atom is 0.233 e. The van der Waals surface area contributed by atoms with Gasteiger partial charge >= 0.3 is 0 Å². The first-order valence-corrected chi connectivity index (χ1v) is 10.7. The van der Waals surface area contributed by atoms with Crippen molar-refractivity contribution in [2.75, 3.05) is 18.6 Å². The maximum atomic E-state index is 12.4. The molecule has 3 aromatic rings. The molecule has 1 heterocycles. The summed E-state index contributed by atoms with van der Waals surface area (Å²) in [5.74, 6) is 7.47. The smallest absolute Gasteiger partial charge is 0.233 e. The molecule has 0 fully saturated rings. The van der Waals surface area contributed by atoms with E-state index >= 15 is 0 Å². The number of nitrogen functional groups attached to an aromatic ring is 1. The van der Waals surface area contributed by atoms with Gasteiger partial charge in [0.2, 0.25) is 11.1 Å². The number of nitrogens with two attached hydrogens (primary N) is 1. The van der Waals surface area contributed by atoms with Crippen LogP contribution in [-0.2, 0) is 17.9 Å². The molecule has 0 radical (unpaired) electrons. The van der Waals surface area contributed by atoms with E-state index in [1.807, 2.05) is 44.2 Å². The lowest BCUT2D eigenvalue weighted by Crippen LogP contribution is -2.28. The number of hydrogen-bond donors (Lipinski definition) is 1. The third-order valence-electron chi connectivity index (χ3n) is 4.36. The monoisotopic (exact) mass is 445 g/mol. The highest BCUT2D eigenvalue weighted by atomic mass is 35.5. The number of carbonyl (C=O) groups excluding carboxylic acids is 1. The van der Waals surface area contributed by atoms with Gasteiger partial charge < -0.3 is 15.5 Å². The second-order valence-electron chi connectivity index (χ2n) is 7.05. The second-order valence-corrected chi connectivity index (χ2v) is 8.43. The van der Waals surface area contributed by atoms with E-state index in [-0.39, 0.29) is 18.3 Å². The van der Waals surface area contributed by atoms with Crippen molar-refractivity contribution < 1.29 is 9.53 Å². The number of benzene rings is 2. The molecule has 158 valence electrons. The molecule has 0 spiro atoms. The summed E-state index contributed by atoms with van der Waals surface area (Å²) in [6.45, 7) is 4.70. The molecular formula is C21H24ClN5O2S. The first kappa shape index (κ1) is 22.0. The van der Waals surface area contributed by atoms with Crippen molar-refractivity contribution in [3.63, 3.8) is 0 Å². The van der Waals surface area contributed by atoms with E-state index in [0.717, 1.165) is 22.4 Å². The molecule has 0 unspecified atom stereocenters. The number of aromatic nitrogens is 3. The molecule has 0 aliphatic heterocycles. The maximum absolute atomic E-state index is 12.4. The summed E-state index contributed by atoms with van der Waals surface area (Å²) in [5, 5.41) is 9.26. The molecule has 3 rings (SSSR count). The SMILES string of the molecule is Cc1cc(C)cc(OCc2nnc(SCC(=O)N(C)Cc3cccc(Cl)c3)n2N)c1. The average Bonchev–Trinajstić information content (AvgIpc) is 3.03. The Hall–Kier alpha value is -2.71. The van der Waals surface area contributed by atoms with E-state index in [1.165, 1.54) is 16.4 Å². The zero-order chi connectivity index (χ0) is 21.7. The molecule has 0 saturated carbocycles. The van der Waals surface area contributed by atoms with Crippen molar-refractivity contribution in [2.45, 2.75) is 32.2 Å². The van der Waals surface area contributed by atoms with Gasteiger partial charge in [-0.15, -0.1) is 10.2 Å². The zero-order valence-electron chi connectivity index (χ0n) is 17.1. The van der Waals surface area contributed by atoms with Crippen LogP contribution in [0, 0.1) is 13.8 Å². The number of nitrogens with zero attached hydrogens (tertiary/aromatic N) is 4. The lowest BCUT2D eigenvalue weighted by Gasteiger charge is -2.17. The average molecular weight is 446 g/mol. The van der Waals surface area contributed by atoms with Crippen molar-refractivity contribution in [2.24, 2.45) is 0 Å². The lowest BCUT2D eigenvalue weighted by molar-refractivity contribution is -0.127. The Morgan fingerprint density at radius 1 is 1.20 bits per heavy atom. The third-order valence-corrected chi connectivity index (χ3v) is 5.52. The fourth-order valence-corrected chi connectivity index (χ4v) is 3.93. The van der Waals surface area contributed by atoms with E-state index < -0.39 is 0 Å². The van der Waals surface area contributed by atoms with Gasteiger partial charge in [0.1, 0.15) is 12.4 Å². The van der Waals surface area contributed by atoms with Crippen molar-refractivity contribution >= 4 is 29.3 Å². The summed E-state index contributed by atoms with van der Waals surface area (Å²) in [5.41, 5.74) is 3.21. The zero-order valence-corrected chi connectivity index (χ0v) is 18.7. The summed E-state index contributed by atoms with van der Waals surface area (Å²) in [4.78, 5) is 14.1. The predicted molar refractivity (Wildman–Crippen MR) is 119 cm³/mol. The second kappa shape index (κ2) is 9.86. The van der Waals surface area contributed by atoms with E-state index in [2.05, 4.69) is 16.3 Å². The molecule has 9 heteroatoms. The molecule has 1 amide bonds. The lowest BCUT2D eigenvalue weighted by atomic mass is 10.1. The first-order valence-electron chi connectivity index (χ1n) is 9.33. The standard InChI is InChI=1S/C21H24ClN5O2S/c1-14-7-15(2)9-18(8-14)29-12-19-24-25-21(27(19)23)30-13-20(28)26(3)11-16-5-4-6-17(22)10-16/h4-10H,11-13,23H2,1-3H3. The van der Waals surface area contributed by atoms with Gasteiger partial charge in [-0.25, -0.2) is 4.68 Å². The topological polar surface area (TPSA) is 86.3 Å². The Kier molecular flexibility index (Phi) is 7.23. The van der Waals surface area contributed by atoms with Gasteiger partial charge in [0.25, 0.3) is 0 Å². The summed E-state index contributed by atoms with van der Waals surface area (Å²) in [6.07, 6.45) is 0. The van der Waals surface area contributed by atoms with Crippen LogP contribution in [0.15, 0.2) is 47.6 Å². The Morgan fingerprint density at radius 2 is 1.93 bits per heavy atom. The summed E-state index contributed by atoms with van der Waals surface area (Å²) >= 11 is 7.24. The summed E-state index contributed by atoms with van der Waals surface area (Å²) < 4.78 is 7.15. The number of amides is 1. The van der Waals surface area contributed by atoms with Crippen LogP contribution in [0.1, 0.15) is 22.5 Å². The molecule has 2 aromatic carbocycles. The number of carbonyl (C=O) groups is 1. The normalized spacial score (nSPS) is 10.8. The summed E-state index contributed by atoms with van der Waals surface area (Å²) in [7, 11) is 1.75. The van der Waals surface area contributed by atoms with Gasteiger partial charge in [-0.1, -0.05) is 41.6 Å². The van der Waals surface area contributed by atoms with Gasteiger partial charge in [-0.05, 0) is 54.8 Å². The van der Waals surface area contributed by atoms with Crippen LogP contribution in [-0.4, -0.2) is 38.5 Å². The van der Waals surface area contributed by atoms with Gasteiger partial charge in [0, 0.05) is 18.6 Å². The van der Waals surface area contributed by atoms with Crippen LogP contribution in [0.25, 0.3) is 0 Å². The quantitative estimate of drug-likeness (QED) is 0.421. The van der Waals surface area contributed by atoms with Crippen LogP contribution in [0.2, 0.25) is 5.02 Å². The van der Waals surface area contributed by atoms with Crippen molar-refractivity contribution in [3.05, 3.63) is 70.0 Å². The molecule has 0 atom stereocenters. The molecule has 0 aliphatic rings. The van der Waals surface area contributed by atoms with Crippen LogP contribution in [0.5, 0.6) is 5.75 Å². The molecule has 2 N–H and O–H groups in total. The van der Waals surface area contributed by atoms with Gasteiger partial charge in [0.15, 0.2) is 5.82 Å². The van der Waals surface area contributed by atoms with Crippen LogP contribution in [0.4, 0.5) is 0 Å². The third kappa shape index (κ3) is 5.90. The first-order chi connectivity index (χ1) is 14.3. The molecule has 0 saturated heterocycles. The minimum atomic E-state index is -0.0454. The predicted octanol–water partition coefficient (Wildman–Crippen LogP) is 3.59. The molecule has 0 bridgehead atoms. The van der Waals surface area contributed by atoms with E-state index in [1.54, 1.807) is 18.0 Å². The van der Waals surface area contributed by atoms with Gasteiger partial charge in [0.05, 0.1) is 5.75 Å². The minimum absolute atomic E-state index is 0.0454. The Labute approximate surface area is 185 Å². The van der Waals surface area contributed by atoms with Crippen LogP contribution >= 0.6 is 23.4 Å². The number of thioether (sulfide) groups is 1. The highest BCUT2D eigenvalue weighted by molar-refractivity contribution is 7.99. The molecule has 1 aromatic heterocycles. The Morgan fingerprint density at radius 3 is 2.63 bits per heavy atom. The van der Waals surface area contributed by atoms with E-state index in [9.17, 15) is 4.79 Å². The number of ether oxygens (including phenoxy) is 1. The molecule has 0 aliphatic carbocycles. The number of aryl methyl sites for hydroxylation is 2. The Balaban J connectivity index is 1.53. The van der Waals surface area contributed by atoms with Gasteiger partial charge in [-0.2, -0.15) is 0 Å². The highest BCUT2D eigenvalue weighted by Crippen LogP contribution is 2.19. The fourth-order valence-electron chi connectivity index (χ4n) is 2.90. The molecular weight excluding hydrogens is 422 g/mol. The molecule has 7 nitrogen and oxygen atoms in total. The van der Waals surface area contributed by atoms with Crippen molar-refractivity contribution in [3.8, 4) is 5.75 Å². The summed E-state index contributed by atoms with van der Waals surface area (Å²) in [6, 6.07) is 13.4. The number of rotatable bonds is 8. The van der Waals surface area contributed by atoms with Crippen molar-refractivity contribution in [1.82, 2.24) is 19.8 Å². The molecule has 30 heavy (non-hydrogen) atoms. The van der Waals surface area contributed by atoms with E-state index in [4.69, 9.17) is 22.2 Å². The van der Waals surface area contributed by atoms with Crippen molar-refractivity contribution in [1.29, 1.82) is 0 Å². The number of halogens is 1. The fraction of sp³-hybridized carbons (Fsp3) is 0.286. The minimum Gasteiger partial charge on any atom is -0.486 e. The largest absolute Gasteiger partial charge is 0.486 e. The van der Waals surface area contributed by atoms with Crippen LogP contribution < -0.4 is 10.6 Å². The Bertz CT molecular complexity index is 1020.